The highest BCUT2D eigenvalue weighted by atomic mass is 35.5. The van der Waals surface area contributed by atoms with Crippen molar-refractivity contribution in [2.45, 2.75) is 19.3 Å². The maximum Gasteiger partial charge on any atom is 0.0441 e. The lowest BCUT2D eigenvalue weighted by molar-refractivity contribution is 0.762. The molecule has 1 unspecified atom stereocenters. The Morgan fingerprint density at radius 2 is 1.67 bits per heavy atom. The zero-order chi connectivity index (χ0) is 13.0. The summed E-state index contributed by atoms with van der Waals surface area (Å²) in [6.45, 7) is 2.13. The van der Waals surface area contributed by atoms with Gasteiger partial charge in [-0.1, -0.05) is 54.1 Å². The van der Waals surface area contributed by atoms with E-state index in [4.69, 9.17) is 23.2 Å². The molecule has 0 nitrogen and oxygen atoms in total. The topological polar surface area (TPSA) is 0 Å². The zero-order valence-corrected chi connectivity index (χ0v) is 11.9. The Bertz CT molecular complexity index is 520. The Morgan fingerprint density at radius 3 is 2.33 bits per heavy atom. The Balaban J connectivity index is 2.26. The Hall–Kier alpha value is -0.980. The normalized spacial score (nSPS) is 12.4. The average molecular weight is 279 g/mol. The highest BCUT2D eigenvalue weighted by molar-refractivity contribution is 6.31. The summed E-state index contributed by atoms with van der Waals surface area (Å²) in [5.41, 5.74) is 3.78. The summed E-state index contributed by atoms with van der Waals surface area (Å²) in [4.78, 5) is 0. The van der Waals surface area contributed by atoms with E-state index >= 15 is 0 Å². The van der Waals surface area contributed by atoms with Gasteiger partial charge in [-0.3, -0.25) is 0 Å². The van der Waals surface area contributed by atoms with Crippen LogP contribution in [0.1, 0.15) is 22.6 Å². The minimum absolute atomic E-state index is 0.265. The molecule has 1 atom stereocenters. The molecule has 0 aromatic heterocycles. The van der Waals surface area contributed by atoms with Crippen molar-refractivity contribution in [2.24, 2.45) is 0 Å². The van der Waals surface area contributed by atoms with Crippen LogP contribution in [0.25, 0.3) is 0 Å². The number of benzene rings is 2. The maximum absolute atomic E-state index is 6.25. The van der Waals surface area contributed by atoms with Crippen molar-refractivity contribution in [1.82, 2.24) is 0 Å². The highest BCUT2D eigenvalue weighted by Gasteiger charge is 2.14. The van der Waals surface area contributed by atoms with Crippen molar-refractivity contribution in [1.29, 1.82) is 0 Å². The summed E-state index contributed by atoms with van der Waals surface area (Å²) in [7, 11) is 0. The van der Waals surface area contributed by atoms with Gasteiger partial charge in [0.05, 0.1) is 0 Å². The van der Waals surface area contributed by atoms with E-state index in [9.17, 15) is 0 Å². The Labute approximate surface area is 119 Å². The Kier molecular flexibility index (Phi) is 4.68. The summed E-state index contributed by atoms with van der Waals surface area (Å²) in [6.07, 6.45) is 0.930. The molecule has 0 aliphatic heterocycles. The van der Waals surface area contributed by atoms with Crippen LogP contribution in [0.2, 0.25) is 5.02 Å². The first-order valence-corrected chi connectivity index (χ1v) is 6.98. The largest absolute Gasteiger partial charge is 0.126 e. The van der Waals surface area contributed by atoms with E-state index in [2.05, 4.69) is 37.3 Å². The van der Waals surface area contributed by atoms with E-state index in [-0.39, 0.29) is 5.92 Å². The first-order chi connectivity index (χ1) is 8.72. The third-order valence-corrected chi connectivity index (χ3v) is 3.98. The van der Waals surface area contributed by atoms with Gasteiger partial charge in [-0.25, -0.2) is 0 Å². The van der Waals surface area contributed by atoms with Crippen molar-refractivity contribution in [3.8, 4) is 0 Å². The molecule has 2 heteroatoms. The number of hydrogen-bond acceptors (Lipinski definition) is 0. The molecule has 0 radical (unpaired) electrons. The summed E-state index contributed by atoms with van der Waals surface area (Å²) in [6, 6.07) is 16.4. The van der Waals surface area contributed by atoms with Crippen LogP contribution in [-0.2, 0) is 6.42 Å². The average Bonchev–Trinajstić information content (AvgIpc) is 2.39. The molecule has 0 saturated heterocycles. The zero-order valence-electron chi connectivity index (χ0n) is 10.4. The standard InChI is InChI=1S/C16H16Cl2/c1-12-6-2-3-7-13(12)10-14(11-17)15-8-4-5-9-16(15)18/h2-9,14H,10-11H2,1H3. The molecular weight excluding hydrogens is 263 g/mol. The number of hydrogen-bond donors (Lipinski definition) is 0. The van der Waals surface area contributed by atoms with Crippen LogP contribution in [-0.4, -0.2) is 5.88 Å². The lowest BCUT2D eigenvalue weighted by Crippen LogP contribution is -2.06. The van der Waals surface area contributed by atoms with E-state index in [0.29, 0.717) is 5.88 Å². The van der Waals surface area contributed by atoms with Gasteiger partial charge in [0.1, 0.15) is 0 Å². The van der Waals surface area contributed by atoms with E-state index in [1.54, 1.807) is 0 Å². The second-order valence-electron chi connectivity index (χ2n) is 4.50. The van der Waals surface area contributed by atoms with Crippen LogP contribution in [0.5, 0.6) is 0 Å². The molecule has 0 bridgehead atoms. The molecule has 2 aromatic carbocycles. The summed E-state index contributed by atoms with van der Waals surface area (Å²) in [5.74, 6) is 0.847. The van der Waals surface area contributed by atoms with Crippen LogP contribution in [0.15, 0.2) is 48.5 Å². The van der Waals surface area contributed by atoms with E-state index in [1.165, 1.54) is 11.1 Å². The summed E-state index contributed by atoms with van der Waals surface area (Å²) < 4.78 is 0. The smallest absolute Gasteiger partial charge is 0.0441 e. The van der Waals surface area contributed by atoms with Gasteiger partial charge in [-0.05, 0) is 36.1 Å². The predicted octanol–water partition coefficient (Wildman–Crippen LogP) is 5.21. The van der Waals surface area contributed by atoms with Crippen LogP contribution >= 0.6 is 23.2 Å². The monoisotopic (exact) mass is 278 g/mol. The Morgan fingerprint density at radius 1 is 1.00 bits per heavy atom. The third-order valence-electron chi connectivity index (χ3n) is 3.26. The molecule has 0 heterocycles. The van der Waals surface area contributed by atoms with Crippen LogP contribution in [0.4, 0.5) is 0 Å². The fourth-order valence-corrected chi connectivity index (χ4v) is 2.72. The molecule has 0 saturated carbocycles. The van der Waals surface area contributed by atoms with Gasteiger partial charge in [0.25, 0.3) is 0 Å². The molecule has 0 N–H and O–H groups in total. The number of halogens is 2. The van der Waals surface area contributed by atoms with Gasteiger partial charge in [0.15, 0.2) is 0 Å². The van der Waals surface area contributed by atoms with Gasteiger partial charge in [0, 0.05) is 16.8 Å². The fraction of sp³-hybridized carbons (Fsp3) is 0.250. The first kappa shape index (κ1) is 13.5. The molecule has 2 aromatic rings. The molecule has 0 fully saturated rings. The maximum atomic E-state index is 6.25. The summed E-state index contributed by atoms with van der Waals surface area (Å²) in [5, 5.41) is 0.803. The fourth-order valence-electron chi connectivity index (χ4n) is 2.16. The lowest BCUT2D eigenvalue weighted by atomic mass is 9.91. The SMILES string of the molecule is Cc1ccccc1CC(CCl)c1ccccc1Cl. The predicted molar refractivity (Wildman–Crippen MR) is 79.8 cm³/mol. The van der Waals surface area contributed by atoms with Gasteiger partial charge in [0.2, 0.25) is 0 Å². The van der Waals surface area contributed by atoms with Gasteiger partial charge in [-0.2, -0.15) is 0 Å². The van der Waals surface area contributed by atoms with Crippen molar-refractivity contribution in [3.63, 3.8) is 0 Å². The van der Waals surface area contributed by atoms with E-state index in [1.807, 2.05) is 18.2 Å². The third kappa shape index (κ3) is 3.07. The second-order valence-corrected chi connectivity index (χ2v) is 5.22. The van der Waals surface area contributed by atoms with Crippen molar-refractivity contribution >= 4 is 23.2 Å². The van der Waals surface area contributed by atoms with Crippen LogP contribution in [0, 0.1) is 6.92 Å². The number of alkyl halides is 1. The van der Waals surface area contributed by atoms with Gasteiger partial charge in [-0.15, -0.1) is 11.6 Å². The minimum Gasteiger partial charge on any atom is -0.126 e. The molecule has 0 aliphatic rings. The van der Waals surface area contributed by atoms with Gasteiger partial charge >= 0.3 is 0 Å². The van der Waals surface area contributed by atoms with Gasteiger partial charge < -0.3 is 0 Å². The molecule has 0 aliphatic carbocycles. The quantitative estimate of drug-likeness (QED) is 0.674. The lowest BCUT2D eigenvalue weighted by Gasteiger charge is -2.17. The van der Waals surface area contributed by atoms with E-state index in [0.717, 1.165) is 17.0 Å². The second kappa shape index (κ2) is 6.26. The number of aryl methyl sites for hydroxylation is 1. The molecule has 0 amide bonds. The van der Waals surface area contributed by atoms with Crippen LogP contribution in [0.3, 0.4) is 0 Å². The minimum atomic E-state index is 0.265. The van der Waals surface area contributed by atoms with Crippen molar-refractivity contribution in [2.75, 3.05) is 5.88 Å². The highest BCUT2D eigenvalue weighted by Crippen LogP contribution is 2.29. The van der Waals surface area contributed by atoms with Crippen molar-refractivity contribution < 1.29 is 0 Å². The van der Waals surface area contributed by atoms with Crippen LogP contribution < -0.4 is 0 Å². The molecule has 18 heavy (non-hydrogen) atoms. The summed E-state index contributed by atoms with van der Waals surface area (Å²) >= 11 is 12.4. The molecule has 2 rings (SSSR count). The van der Waals surface area contributed by atoms with Crippen molar-refractivity contribution in [3.05, 3.63) is 70.2 Å². The van der Waals surface area contributed by atoms with E-state index < -0.39 is 0 Å². The molecule has 94 valence electrons. The molecular formula is C16H16Cl2. The molecule has 0 spiro atoms. The number of rotatable bonds is 4. The first-order valence-electron chi connectivity index (χ1n) is 6.07.